The van der Waals surface area contributed by atoms with Gasteiger partial charge in [0, 0.05) is 25.7 Å². The molecule has 0 bridgehead atoms. The molecule has 0 saturated carbocycles. The molecule has 2 aliphatic rings. The van der Waals surface area contributed by atoms with Gasteiger partial charge in [0.1, 0.15) is 0 Å². The lowest BCUT2D eigenvalue weighted by atomic mass is 9.99. The molecule has 2 heterocycles. The summed E-state index contributed by atoms with van der Waals surface area (Å²) in [6, 6.07) is 0.407. The molecule has 0 aromatic rings. The smallest absolute Gasteiger partial charge is 0.228 e. The van der Waals surface area contributed by atoms with Crippen LogP contribution in [-0.4, -0.2) is 49.7 Å². The van der Waals surface area contributed by atoms with Crippen LogP contribution in [0.5, 0.6) is 0 Å². The van der Waals surface area contributed by atoms with E-state index < -0.39 is 0 Å². The quantitative estimate of drug-likeness (QED) is 0.797. The van der Waals surface area contributed by atoms with Crippen LogP contribution in [0.25, 0.3) is 0 Å². The number of rotatable bonds is 4. The first-order valence-corrected chi connectivity index (χ1v) is 6.92. The van der Waals surface area contributed by atoms with Crippen LogP contribution < -0.4 is 5.32 Å². The minimum atomic E-state index is 0.107. The molecule has 2 fully saturated rings. The minimum absolute atomic E-state index is 0.107. The second-order valence-electron chi connectivity index (χ2n) is 5.09. The fourth-order valence-electron chi connectivity index (χ4n) is 2.79. The van der Waals surface area contributed by atoms with Gasteiger partial charge in [0.2, 0.25) is 5.91 Å². The Bertz CT molecular complexity index is 246. The lowest BCUT2D eigenvalue weighted by Crippen LogP contribution is -2.46. The van der Waals surface area contributed by atoms with Crippen molar-refractivity contribution in [3.05, 3.63) is 0 Å². The summed E-state index contributed by atoms with van der Waals surface area (Å²) in [6.07, 6.45) is 4.16. The van der Waals surface area contributed by atoms with Crippen molar-refractivity contribution in [2.45, 2.75) is 38.6 Å². The van der Waals surface area contributed by atoms with Crippen LogP contribution in [0, 0.1) is 5.92 Å². The summed E-state index contributed by atoms with van der Waals surface area (Å²) in [5.74, 6) is 0.427. The van der Waals surface area contributed by atoms with Crippen LogP contribution in [0.15, 0.2) is 0 Å². The highest BCUT2D eigenvalue weighted by atomic mass is 16.5. The molecule has 0 spiro atoms. The van der Waals surface area contributed by atoms with Gasteiger partial charge in [-0.25, -0.2) is 0 Å². The average Bonchev–Trinajstić information content (AvgIpc) is 2.90. The number of ether oxygens (including phenoxy) is 1. The predicted octanol–water partition coefficient (Wildman–Crippen LogP) is 1.01. The van der Waals surface area contributed by atoms with E-state index in [9.17, 15) is 4.79 Å². The van der Waals surface area contributed by atoms with E-state index in [1.54, 1.807) is 0 Å². The van der Waals surface area contributed by atoms with Crippen molar-refractivity contribution >= 4 is 5.91 Å². The first-order chi connectivity index (χ1) is 8.33. The first-order valence-electron chi connectivity index (χ1n) is 6.92. The number of carbonyl (C=O) groups excluding carboxylic acids is 1. The summed E-state index contributed by atoms with van der Waals surface area (Å²) in [5, 5.41) is 3.34. The van der Waals surface area contributed by atoms with E-state index in [1.165, 1.54) is 0 Å². The summed E-state index contributed by atoms with van der Waals surface area (Å²) in [6.45, 7) is 6.47. The Balaban J connectivity index is 1.95. The van der Waals surface area contributed by atoms with Gasteiger partial charge in [-0.2, -0.15) is 0 Å². The molecule has 1 N–H and O–H groups in total. The number of hydrogen-bond acceptors (Lipinski definition) is 3. The second-order valence-corrected chi connectivity index (χ2v) is 5.09. The SMILES string of the molecule is CCCN(C(=O)C1CCCOC1)C1CCNC1. The summed E-state index contributed by atoms with van der Waals surface area (Å²) in [7, 11) is 0. The van der Waals surface area contributed by atoms with E-state index in [4.69, 9.17) is 4.74 Å². The Kier molecular flexibility index (Phi) is 4.80. The van der Waals surface area contributed by atoms with Gasteiger partial charge in [-0.1, -0.05) is 6.92 Å². The van der Waals surface area contributed by atoms with Gasteiger partial charge in [-0.3, -0.25) is 4.79 Å². The largest absolute Gasteiger partial charge is 0.381 e. The van der Waals surface area contributed by atoms with Crippen LogP contribution in [-0.2, 0) is 9.53 Å². The Morgan fingerprint density at radius 3 is 2.94 bits per heavy atom. The van der Waals surface area contributed by atoms with Gasteiger partial charge < -0.3 is 15.0 Å². The maximum atomic E-state index is 12.5. The maximum Gasteiger partial charge on any atom is 0.228 e. The molecule has 0 aliphatic carbocycles. The zero-order chi connectivity index (χ0) is 12.1. The van der Waals surface area contributed by atoms with Crippen LogP contribution in [0.2, 0.25) is 0 Å². The monoisotopic (exact) mass is 240 g/mol. The van der Waals surface area contributed by atoms with Crippen molar-refractivity contribution in [3.63, 3.8) is 0 Å². The predicted molar refractivity (Wildman–Crippen MR) is 66.8 cm³/mol. The zero-order valence-corrected chi connectivity index (χ0v) is 10.8. The summed E-state index contributed by atoms with van der Waals surface area (Å²) in [5.41, 5.74) is 0. The van der Waals surface area contributed by atoms with Gasteiger partial charge in [-0.15, -0.1) is 0 Å². The lowest BCUT2D eigenvalue weighted by Gasteiger charge is -2.33. The third kappa shape index (κ3) is 3.19. The lowest BCUT2D eigenvalue weighted by molar-refractivity contribution is -0.141. The van der Waals surface area contributed by atoms with Crippen LogP contribution in [0.4, 0.5) is 0 Å². The van der Waals surface area contributed by atoms with Crippen molar-refractivity contribution in [2.24, 2.45) is 5.92 Å². The number of carbonyl (C=O) groups is 1. The van der Waals surface area contributed by atoms with E-state index in [1.807, 2.05) is 0 Å². The molecule has 1 amide bonds. The topological polar surface area (TPSA) is 41.6 Å². The normalized spacial score (nSPS) is 29.2. The van der Waals surface area contributed by atoms with E-state index in [2.05, 4.69) is 17.1 Å². The Morgan fingerprint density at radius 2 is 2.35 bits per heavy atom. The van der Waals surface area contributed by atoms with Crippen molar-refractivity contribution < 1.29 is 9.53 Å². The van der Waals surface area contributed by atoms with Crippen LogP contribution >= 0.6 is 0 Å². The number of nitrogens with one attached hydrogen (secondary N) is 1. The second kappa shape index (κ2) is 6.36. The molecule has 2 saturated heterocycles. The highest BCUT2D eigenvalue weighted by Crippen LogP contribution is 2.20. The molecule has 17 heavy (non-hydrogen) atoms. The molecule has 0 aromatic carbocycles. The molecule has 2 unspecified atom stereocenters. The highest BCUT2D eigenvalue weighted by molar-refractivity contribution is 5.79. The molecular weight excluding hydrogens is 216 g/mol. The fourth-order valence-corrected chi connectivity index (χ4v) is 2.79. The minimum Gasteiger partial charge on any atom is -0.381 e. The standard InChI is InChI=1S/C13H24N2O2/c1-2-7-15(12-5-6-14-9-12)13(16)11-4-3-8-17-10-11/h11-12,14H,2-10H2,1H3. The maximum absolute atomic E-state index is 12.5. The summed E-state index contributed by atoms with van der Waals surface area (Å²) in [4.78, 5) is 14.6. The van der Waals surface area contributed by atoms with Gasteiger partial charge >= 0.3 is 0 Å². The van der Waals surface area contributed by atoms with Crippen molar-refractivity contribution in [3.8, 4) is 0 Å². The van der Waals surface area contributed by atoms with Crippen molar-refractivity contribution in [1.29, 1.82) is 0 Å². The van der Waals surface area contributed by atoms with Crippen LogP contribution in [0.1, 0.15) is 32.6 Å². The Hall–Kier alpha value is -0.610. The van der Waals surface area contributed by atoms with Gasteiger partial charge in [0.25, 0.3) is 0 Å². The van der Waals surface area contributed by atoms with E-state index >= 15 is 0 Å². The average molecular weight is 240 g/mol. The molecule has 2 aliphatic heterocycles. The fraction of sp³-hybridized carbons (Fsp3) is 0.923. The Morgan fingerprint density at radius 1 is 1.47 bits per heavy atom. The molecule has 4 heteroatoms. The zero-order valence-electron chi connectivity index (χ0n) is 10.8. The number of hydrogen-bond donors (Lipinski definition) is 1. The van der Waals surface area contributed by atoms with Gasteiger partial charge in [0.15, 0.2) is 0 Å². The Labute approximate surface area is 104 Å². The number of nitrogens with zero attached hydrogens (tertiary/aromatic N) is 1. The highest BCUT2D eigenvalue weighted by Gasteiger charge is 2.31. The van der Waals surface area contributed by atoms with Crippen LogP contribution in [0.3, 0.4) is 0 Å². The van der Waals surface area contributed by atoms with Crippen molar-refractivity contribution in [1.82, 2.24) is 10.2 Å². The molecule has 2 rings (SSSR count). The molecular formula is C13H24N2O2. The molecule has 0 aromatic heterocycles. The summed E-state index contributed by atoms with van der Waals surface area (Å²) < 4.78 is 5.43. The molecule has 4 nitrogen and oxygen atoms in total. The molecule has 2 atom stereocenters. The first kappa shape index (κ1) is 12.8. The molecule has 98 valence electrons. The van der Waals surface area contributed by atoms with E-state index in [0.29, 0.717) is 18.6 Å². The molecule has 0 radical (unpaired) electrons. The van der Waals surface area contributed by atoms with Gasteiger partial charge in [-0.05, 0) is 32.2 Å². The third-order valence-electron chi connectivity index (χ3n) is 3.73. The van der Waals surface area contributed by atoms with Gasteiger partial charge in [0.05, 0.1) is 12.5 Å². The van der Waals surface area contributed by atoms with E-state index in [0.717, 1.165) is 51.9 Å². The van der Waals surface area contributed by atoms with Crippen molar-refractivity contribution in [2.75, 3.05) is 32.8 Å². The number of amides is 1. The third-order valence-corrected chi connectivity index (χ3v) is 3.73. The summed E-state index contributed by atoms with van der Waals surface area (Å²) >= 11 is 0. The van der Waals surface area contributed by atoms with E-state index in [-0.39, 0.29) is 5.92 Å².